The number of nitrogens with one attached hydrogen (secondary N) is 2. The highest BCUT2D eigenvalue weighted by Crippen LogP contribution is 2.27. The number of rotatable bonds is 10. The highest BCUT2D eigenvalue weighted by Gasteiger charge is 2.23. The van der Waals surface area contributed by atoms with Gasteiger partial charge in [0, 0.05) is 18.1 Å². The van der Waals surface area contributed by atoms with Crippen LogP contribution in [0.25, 0.3) is 0 Å². The van der Waals surface area contributed by atoms with Gasteiger partial charge in [-0.25, -0.2) is 0 Å². The summed E-state index contributed by atoms with van der Waals surface area (Å²) in [6, 6.07) is 18.7. The molecule has 1 fully saturated rings. The zero-order chi connectivity index (χ0) is 20.3. The Bertz CT molecular complexity index is 749. The molecular formula is C23H32N3O2S+. The molecule has 1 aliphatic rings. The van der Waals surface area contributed by atoms with E-state index in [9.17, 15) is 4.79 Å². The normalized spacial score (nSPS) is 14.6. The van der Waals surface area contributed by atoms with E-state index in [4.69, 9.17) is 4.74 Å². The number of piperazine rings is 1. The molecule has 6 heteroatoms. The molecule has 3 rings (SSSR count). The maximum atomic E-state index is 12.3. The first kappa shape index (κ1) is 21.5. The Morgan fingerprint density at radius 2 is 1.83 bits per heavy atom. The Balaban J connectivity index is 1.32. The molecule has 1 saturated heterocycles. The molecule has 0 aliphatic carbocycles. The first-order chi connectivity index (χ1) is 14.3. The molecule has 156 valence electrons. The van der Waals surface area contributed by atoms with Crippen molar-refractivity contribution in [2.24, 2.45) is 0 Å². The molecule has 0 atom stereocenters. The average Bonchev–Trinajstić information content (AvgIpc) is 2.75. The molecule has 0 spiro atoms. The van der Waals surface area contributed by atoms with Crippen LogP contribution in [0.2, 0.25) is 0 Å². The molecule has 0 bridgehead atoms. The van der Waals surface area contributed by atoms with Gasteiger partial charge in [0.25, 0.3) is 5.91 Å². The number of para-hydroxylation sites is 2. The Morgan fingerprint density at radius 1 is 1.10 bits per heavy atom. The summed E-state index contributed by atoms with van der Waals surface area (Å²) >= 11 is 1.86. The summed E-state index contributed by atoms with van der Waals surface area (Å²) in [6.07, 6.45) is 0. The number of hydrogen-bond donors (Lipinski definition) is 2. The summed E-state index contributed by atoms with van der Waals surface area (Å²) in [5.74, 6) is 3.04. The van der Waals surface area contributed by atoms with Gasteiger partial charge in [0.05, 0.1) is 38.5 Å². The molecule has 2 aromatic carbocycles. The number of thioether (sulfide) groups is 1. The summed E-state index contributed by atoms with van der Waals surface area (Å²) in [4.78, 5) is 16.0. The van der Waals surface area contributed by atoms with E-state index in [1.807, 2.05) is 36.9 Å². The number of carbonyl (C=O) groups is 1. The number of carbonyl (C=O) groups excluding carboxylic acids is 1. The predicted molar refractivity (Wildman–Crippen MR) is 121 cm³/mol. The number of ether oxygens (including phenoxy) is 1. The van der Waals surface area contributed by atoms with Crippen LogP contribution < -0.4 is 19.9 Å². The lowest BCUT2D eigenvalue weighted by atomic mass is 10.2. The number of quaternary nitrogens is 1. The van der Waals surface area contributed by atoms with Crippen molar-refractivity contribution < 1.29 is 14.4 Å². The van der Waals surface area contributed by atoms with Gasteiger partial charge in [0.1, 0.15) is 5.75 Å². The summed E-state index contributed by atoms with van der Waals surface area (Å²) in [7, 11) is 0. The third kappa shape index (κ3) is 6.98. The second kappa shape index (κ2) is 11.7. The van der Waals surface area contributed by atoms with Crippen LogP contribution in [0.4, 0.5) is 5.69 Å². The van der Waals surface area contributed by atoms with Crippen LogP contribution in [0.15, 0.2) is 54.6 Å². The van der Waals surface area contributed by atoms with E-state index in [0.29, 0.717) is 13.2 Å². The van der Waals surface area contributed by atoms with Gasteiger partial charge in [-0.3, -0.25) is 4.79 Å². The van der Waals surface area contributed by atoms with Gasteiger partial charge in [-0.1, -0.05) is 42.5 Å². The minimum atomic E-state index is 0.156. The minimum Gasteiger partial charge on any atom is -0.492 e. The number of benzene rings is 2. The Morgan fingerprint density at radius 3 is 2.59 bits per heavy atom. The maximum Gasteiger partial charge on any atom is 0.275 e. The molecular weight excluding hydrogens is 382 g/mol. The van der Waals surface area contributed by atoms with Gasteiger partial charge in [0.2, 0.25) is 0 Å². The van der Waals surface area contributed by atoms with Crippen molar-refractivity contribution in [3.05, 3.63) is 60.2 Å². The minimum absolute atomic E-state index is 0.156. The quantitative estimate of drug-likeness (QED) is 0.583. The third-order valence-electron chi connectivity index (χ3n) is 5.07. The molecule has 0 aromatic heterocycles. The molecule has 0 saturated carbocycles. The summed E-state index contributed by atoms with van der Waals surface area (Å²) in [6.45, 7) is 7.80. The highest BCUT2D eigenvalue weighted by molar-refractivity contribution is 7.98. The predicted octanol–water partition coefficient (Wildman–Crippen LogP) is 1.84. The van der Waals surface area contributed by atoms with Crippen molar-refractivity contribution in [1.82, 2.24) is 5.32 Å². The lowest BCUT2D eigenvalue weighted by Gasteiger charge is -2.34. The third-order valence-corrected chi connectivity index (χ3v) is 6.10. The number of nitrogens with zero attached hydrogens (tertiary/aromatic N) is 1. The first-order valence-corrected chi connectivity index (χ1v) is 11.6. The van der Waals surface area contributed by atoms with Gasteiger partial charge >= 0.3 is 0 Å². The van der Waals surface area contributed by atoms with Crippen LogP contribution in [0.3, 0.4) is 0 Å². The van der Waals surface area contributed by atoms with E-state index < -0.39 is 0 Å². The van der Waals surface area contributed by atoms with E-state index in [1.165, 1.54) is 10.5 Å². The fourth-order valence-corrected chi connectivity index (χ4v) is 4.37. The zero-order valence-corrected chi connectivity index (χ0v) is 18.0. The molecule has 0 unspecified atom stereocenters. The smallest absolute Gasteiger partial charge is 0.275 e. The molecule has 2 aromatic rings. The molecule has 1 heterocycles. The second-order valence-electron chi connectivity index (χ2n) is 7.20. The van der Waals surface area contributed by atoms with Crippen molar-refractivity contribution in [3.8, 4) is 5.75 Å². The van der Waals surface area contributed by atoms with E-state index >= 15 is 0 Å². The standard InChI is InChI=1S/C23H31N3O2S/c1-2-28-22-11-7-6-10-21(22)26-15-13-25(14-16-26)18-23(27)24-12-17-29-19-20-8-4-3-5-9-20/h3-11H,2,12-19H2,1H3,(H,24,27)/p+1. The van der Waals surface area contributed by atoms with Crippen LogP contribution in [-0.4, -0.2) is 57.5 Å². The molecule has 29 heavy (non-hydrogen) atoms. The van der Waals surface area contributed by atoms with Gasteiger partial charge in [-0.2, -0.15) is 11.8 Å². The lowest BCUT2D eigenvalue weighted by Crippen LogP contribution is -3.16. The second-order valence-corrected chi connectivity index (χ2v) is 8.31. The van der Waals surface area contributed by atoms with Crippen molar-refractivity contribution in [1.29, 1.82) is 0 Å². The molecule has 5 nitrogen and oxygen atoms in total. The Hall–Kier alpha value is -2.18. The molecule has 1 amide bonds. The fourth-order valence-electron chi connectivity index (χ4n) is 3.55. The van der Waals surface area contributed by atoms with E-state index in [-0.39, 0.29) is 5.91 Å². The molecule has 2 N–H and O–H groups in total. The number of anilines is 1. The Kier molecular flexibility index (Phi) is 8.71. The number of hydrogen-bond acceptors (Lipinski definition) is 4. The van der Waals surface area contributed by atoms with Gasteiger partial charge in [-0.05, 0) is 24.6 Å². The van der Waals surface area contributed by atoms with Crippen molar-refractivity contribution in [2.75, 3.05) is 56.5 Å². The maximum absolute atomic E-state index is 12.3. The van der Waals surface area contributed by atoms with Gasteiger partial charge in [0.15, 0.2) is 6.54 Å². The van der Waals surface area contributed by atoms with E-state index in [2.05, 4.69) is 46.6 Å². The van der Waals surface area contributed by atoms with E-state index in [0.717, 1.165) is 55.7 Å². The fraction of sp³-hybridized carbons (Fsp3) is 0.435. The summed E-state index contributed by atoms with van der Waals surface area (Å²) < 4.78 is 5.76. The van der Waals surface area contributed by atoms with Crippen LogP contribution in [0.5, 0.6) is 5.75 Å². The van der Waals surface area contributed by atoms with Crippen LogP contribution >= 0.6 is 11.8 Å². The highest BCUT2D eigenvalue weighted by atomic mass is 32.2. The van der Waals surface area contributed by atoms with Crippen molar-refractivity contribution >= 4 is 23.4 Å². The largest absolute Gasteiger partial charge is 0.492 e. The Labute approximate surface area is 178 Å². The van der Waals surface area contributed by atoms with Crippen molar-refractivity contribution in [2.45, 2.75) is 12.7 Å². The summed E-state index contributed by atoms with van der Waals surface area (Å²) in [5.41, 5.74) is 2.49. The van der Waals surface area contributed by atoms with E-state index in [1.54, 1.807) is 0 Å². The molecule has 1 aliphatic heterocycles. The SMILES string of the molecule is CCOc1ccccc1N1CC[NH+](CC(=O)NCCSCc2ccccc2)CC1. The first-order valence-electron chi connectivity index (χ1n) is 10.4. The number of amides is 1. The van der Waals surface area contributed by atoms with Crippen molar-refractivity contribution in [3.63, 3.8) is 0 Å². The van der Waals surface area contributed by atoms with Crippen LogP contribution in [-0.2, 0) is 10.5 Å². The lowest BCUT2D eigenvalue weighted by molar-refractivity contribution is -0.892. The van der Waals surface area contributed by atoms with Gasteiger partial charge in [-0.15, -0.1) is 0 Å². The summed E-state index contributed by atoms with van der Waals surface area (Å²) in [5, 5.41) is 3.07. The molecule has 0 radical (unpaired) electrons. The van der Waals surface area contributed by atoms with Gasteiger partial charge < -0.3 is 19.9 Å². The average molecular weight is 415 g/mol. The van der Waals surface area contributed by atoms with Crippen LogP contribution in [0.1, 0.15) is 12.5 Å². The zero-order valence-electron chi connectivity index (χ0n) is 17.2. The topological polar surface area (TPSA) is 46.0 Å². The van der Waals surface area contributed by atoms with Crippen LogP contribution in [0, 0.1) is 0 Å². The monoisotopic (exact) mass is 414 g/mol.